The topological polar surface area (TPSA) is 44.4 Å². The van der Waals surface area contributed by atoms with E-state index in [4.69, 9.17) is 0 Å². The third-order valence-corrected chi connectivity index (χ3v) is 2.13. The number of carbonyl (C=O) groups excluding carboxylic acids is 1. The zero-order chi connectivity index (χ0) is 10.1. The van der Waals surface area contributed by atoms with Crippen molar-refractivity contribution in [2.75, 3.05) is 12.4 Å². The first-order valence-electron chi connectivity index (χ1n) is 4.31. The number of rotatable bonds is 1. The minimum absolute atomic E-state index is 0.0909. The van der Waals surface area contributed by atoms with E-state index in [1.165, 1.54) is 5.01 Å². The number of hydrogen-bond acceptors (Lipinski definition) is 3. The van der Waals surface area contributed by atoms with Crippen LogP contribution in [0.1, 0.15) is 10.4 Å². The van der Waals surface area contributed by atoms with Gasteiger partial charge in [0.15, 0.2) is 0 Å². The number of anilines is 1. The van der Waals surface area contributed by atoms with Crippen molar-refractivity contribution in [3.8, 4) is 0 Å². The monoisotopic (exact) mass is 189 g/mol. The Kier molecular flexibility index (Phi) is 1.98. The maximum Gasteiger partial charge on any atom is 0.276 e. The van der Waals surface area contributed by atoms with Crippen LogP contribution in [0.4, 0.5) is 5.69 Å². The molecular formula is C10H11N3O. The zero-order valence-electron chi connectivity index (χ0n) is 7.87. The van der Waals surface area contributed by atoms with Gasteiger partial charge in [-0.2, -0.15) is 0 Å². The molecule has 1 amide bonds. The first-order valence-corrected chi connectivity index (χ1v) is 4.31. The molecule has 1 aliphatic rings. The number of fused-ring (bicyclic) bond motifs is 1. The fraction of sp³-hybridized carbons (Fsp3) is 0.100. The zero-order valence-corrected chi connectivity index (χ0v) is 7.87. The van der Waals surface area contributed by atoms with Gasteiger partial charge in [0.2, 0.25) is 0 Å². The molecule has 72 valence electrons. The van der Waals surface area contributed by atoms with Crippen LogP contribution >= 0.6 is 0 Å². The van der Waals surface area contributed by atoms with E-state index in [-0.39, 0.29) is 5.91 Å². The van der Waals surface area contributed by atoms with Gasteiger partial charge in [0.25, 0.3) is 5.91 Å². The van der Waals surface area contributed by atoms with Crippen molar-refractivity contribution in [3.05, 3.63) is 42.2 Å². The molecule has 1 heterocycles. The van der Waals surface area contributed by atoms with Crippen molar-refractivity contribution in [2.24, 2.45) is 0 Å². The smallest absolute Gasteiger partial charge is 0.276 e. The Labute approximate surface area is 82.2 Å². The summed E-state index contributed by atoms with van der Waals surface area (Å²) in [5.41, 5.74) is 4.21. The molecule has 14 heavy (non-hydrogen) atoms. The van der Waals surface area contributed by atoms with E-state index in [0.29, 0.717) is 11.4 Å². The Balaban J connectivity index is 2.49. The summed E-state index contributed by atoms with van der Waals surface area (Å²) in [5.74, 6) is 0.447. The lowest BCUT2D eigenvalue weighted by Gasteiger charge is -2.30. The van der Waals surface area contributed by atoms with Gasteiger partial charge in [0, 0.05) is 7.05 Å². The molecule has 0 unspecified atom stereocenters. The average molecular weight is 189 g/mol. The Morgan fingerprint density at radius 1 is 1.43 bits per heavy atom. The van der Waals surface area contributed by atoms with Gasteiger partial charge in [-0.3, -0.25) is 4.79 Å². The molecule has 4 nitrogen and oxygen atoms in total. The molecule has 0 radical (unpaired) electrons. The first kappa shape index (κ1) is 8.77. The van der Waals surface area contributed by atoms with Crippen molar-refractivity contribution in [2.45, 2.75) is 0 Å². The molecule has 0 saturated carbocycles. The fourth-order valence-corrected chi connectivity index (χ4v) is 1.47. The van der Waals surface area contributed by atoms with Crippen molar-refractivity contribution < 1.29 is 4.79 Å². The normalized spacial score (nSPS) is 15.1. The fourth-order valence-electron chi connectivity index (χ4n) is 1.47. The van der Waals surface area contributed by atoms with Crippen LogP contribution in [-0.4, -0.2) is 18.0 Å². The Morgan fingerprint density at radius 3 is 2.86 bits per heavy atom. The van der Waals surface area contributed by atoms with E-state index in [1.807, 2.05) is 18.2 Å². The molecule has 1 aromatic rings. The summed E-state index contributed by atoms with van der Waals surface area (Å²) < 4.78 is 0. The van der Waals surface area contributed by atoms with Gasteiger partial charge < -0.3 is 5.32 Å². The van der Waals surface area contributed by atoms with E-state index in [1.54, 1.807) is 13.1 Å². The molecular weight excluding hydrogens is 178 g/mol. The number of nitrogens with one attached hydrogen (secondary N) is 2. The van der Waals surface area contributed by atoms with E-state index in [0.717, 1.165) is 5.69 Å². The van der Waals surface area contributed by atoms with Crippen LogP contribution in [0, 0.1) is 0 Å². The summed E-state index contributed by atoms with van der Waals surface area (Å²) in [6, 6.07) is 7.34. The quantitative estimate of drug-likeness (QED) is 0.696. The molecule has 0 aromatic heterocycles. The van der Waals surface area contributed by atoms with Crippen LogP contribution in [0.2, 0.25) is 0 Å². The van der Waals surface area contributed by atoms with Gasteiger partial charge in [-0.15, -0.1) is 0 Å². The van der Waals surface area contributed by atoms with Crippen LogP contribution in [0.15, 0.2) is 36.7 Å². The number of nitrogens with zero attached hydrogens (tertiary/aromatic N) is 1. The van der Waals surface area contributed by atoms with Crippen LogP contribution in [0.5, 0.6) is 0 Å². The molecule has 4 heteroatoms. The number of hydrazine groups is 1. The summed E-state index contributed by atoms with van der Waals surface area (Å²) in [4.78, 5) is 11.8. The first-order chi connectivity index (χ1) is 6.74. The highest BCUT2D eigenvalue weighted by Gasteiger charge is 2.25. The molecule has 1 aliphatic heterocycles. The van der Waals surface area contributed by atoms with Crippen LogP contribution in [0.3, 0.4) is 0 Å². The highest BCUT2D eigenvalue weighted by Crippen LogP contribution is 2.24. The third kappa shape index (κ3) is 1.16. The number of carbonyl (C=O) groups is 1. The maximum absolute atomic E-state index is 11.8. The Morgan fingerprint density at radius 2 is 2.14 bits per heavy atom. The molecule has 0 bridgehead atoms. The van der Waals surface area contributed by atoms with Gasteiger partial charge in [-0.1, -0.05) is 18.7 Å². The second-order valence-electron chi connectivity index (χ2n) is 2.98. The lowest BCUT2D eigenvalue weighted by Crippen LogP contribution is -2.44. The molecule has 0 atom stereocenters. The van der Waals surface area contributed by atoms with E-state index in [9.17, 15) is 4.79 Å². The number of benzene rings is 1. The lowest BCUT2D eigenvalue weighted by molar-refractivity contribution is 0.0745. The molecule has 0 saturated heterocycles. The van der Waals surface area contributed by atoms with Crippen molar-refractivity contribution in [1.29, 1.82) is 0 Å². The number of para-hydroxylation sites is 1. The van der Waals surface area contributed by atoms with Crippen LogP contribution < -0.4 is 10.7 Å². The van der Waals surface area contributed by atoms with Crippen molar-refractivity contribution in [3.63, 3.8) is 0 Å². The minimum Gasteiger partial charge on any atom is -0.340 e. The lowest BCUT2D eigenvalue weighted by atomic mass is 10.1. The van der Waals surface area contributed by atoms with Crippen molar-refractivity contribution in [1.82, 2.24) is 10.4 Å². The Hall–Kier alpha value is -1.81. The second kappa shape index (κ2) is 3.16. The van der Waals surface area contributed by atoms with Gasteiger partial charge in [0.1, 0.15) is 5.82 Å². The molecule has 0 spiro atoms. The summed E-state index contributed by atoms with van der Waals surface area (Å²) in [6.07, 6.45) is 0. The third-order valence-electron chi connectivity index (χ3n) is 2.13. The number of amides is 1. The van der Waals surface area contributed by atoms with E-state index in [2.05, 4.69) is 17.3 Å². The largest absolute Gasteiger partial charge is 0.340 e. The van der Waals surface area contributed by atoms with Crippen LogP contribution in [-0.2, 0) is 0 Å². The van der Waals surface area contributed by atoms with Gasteiger partial charge in [0.05, 0.1) is 11.3 Å². The van der Waals surface area contributed by atoms with Gasteiger partial charge in [-0.05, 0) is 12.1 Å². The minimum atomic E-state index is -0.0909. The number of hydrogen-bond donors (Lipinski definition) is 2. The highest BCUT2D eigenvalue weighted by atomic mass is 16.2. The summed E-state index contributed by atoms with van der Waals surface area (Å²) in [7, 11) is 1.68. The average Bonchev–Trinajstić information content (AvgIpc) is 2.18. The van der Waals surface area contributed by atoms with E-state index >= 15 is 0 Å². The van der Waals surface area contributed by atoms with Crippen LogP contribution in [0.25, 0.3) is 0 Å². The Bertz CT molecular complexity index is 400. The van der Waals surface area contributed by atoms with Crippen molar-refractivity contribution >= 4 is 11.6 Å². The molecule has 0 aliphatic carbocycles. The molecule has 2 rings (SSSR count). The molecule has 2 N–H and O–H groups in total. The standard InChI is InChI=1S/C10H11N3O/c1-7-12-9-6-4-3-5-8(9)10(14)13(7)11-2/h3-6,11-12H,1H2,2H3. The summed E-state index contributed by atoms with van der Waals surface area (Å²) >= 11 is 0. The SMILES string of the molecule is C=C1Nc2ccccc2C(=O)N1NC. The maximum atomic E-state index is 11.8. The van der Waals surface area contributed by atoms with E-state index < -0.39 is 0 Å². The highest BCUT2D eigenvalue weighted by molar-refractivity contribution is 6.02. The molecule has 1 aromatic carbocycles. The summed E-state index contributed by atoms with van der Waals surface area (Å²) in [5, 5.41) is 4.42. The predicted molar refractivity (Wildman–Crippen MR) is 54.4 cm³/mol. The van der Waals surface area contributed by atoms with Gasteiger partial charge >= 0.3 is 0 Å². The summed E-state index contributed by atoms with van der Waals surface area (Å²) in [6.45, 7) is 3.75. The predicted octanol–water partition coefficient (Wildman–Crippen LogP) is 1.16. The van der Waals surface area contributed by atoms with Gasteiger partial charge in [-0.25, -0.2) is 10.4 Å². The molecule has 0 fully saturated rings. The second-order valence-corrected chi connectivity index (χ2v) is 2.98.